The highest BCUT2D eigenvalue weighted by Crippen LogP contribution is 2.47. The smallest absolute Gasteiger partial charge is 0.459 e. The van der Waals surface area contributed by atoms with Crippen molar-refractivity contribution in [2.24, 2.45) is 0 Å². The quantitative estimate of drug-likeness (QED) is 0.100. The number of benzene rings is 2. The van der Waals surface area contributed by atoms with Crippen LogP contribution in [0.15, 0.2) is 54.6 Å². The third-order valence-corrected chi connectivity index (χ3v) is 8.37. The van der Waals surface area contributed by atoms with E-state index in [4.69, 9.17) is 38.2 Å². The van der Waals surface area contributed by atoms with Crippen molar-refractivity contribution in [1.82, 2.24) is 19.6 Å². The minimum absolute atomic E-state index is 0.0336. The van der Waals surface area contributed by atoms with Gasteiger partial charge in [0.1, 0.15) is 29.7 Å². The first-order valence-corrected chi connectivity index (χ1v) is 15.7. The molecule has 4 aromatic rings. The number of pyridine rings is 1. The Kier molecular flexibility index (Phi) is 7.29. The van der Waals surface area contributed by atoms with Gasteiger partial charge in [0.15, 0.2) is 5.82 Å². The zero-order valence-corrected chi connectivity index (χ0v) is 25.7. The number of nitrogen functional groups attached to an aromatic ring is 1. The highest BCUT2D eigenvalue weighted by molar-refractivity contribution is 7.52. The molecular formula is C32H44N5O6P. The summed E-state index contributed by atoms with van der Waals surface area (Å²) >= 11 is 0. The highest BCUT2D eigenvalue weighted by atomic mass is 31.2. The molecule has 2 aromatic carbocycles. The van der Waals surface area contributed by atoms with Crippen molar-refractivity contribution in [2.75, 3.05) is 18.9 Å². The summed E-state index contributed by atoms with van der Waals surface area (Å²) in [6.07, 6.45) is -2.17. The molecule has 0 saturated carbocycles. The molecule has 2 aromatic heterocycles. The second-order valence-corrected chi connectivity index (χ2v) is 12.0. The molecule has 0 aliphatic carbocycles. The van der Waals surface area contributed by atoms with Gasteiger partial charge in [-0.1, -0.05) is 56.2 Å². The number of carbonyl (C=O) groups is 1. The number of fused-ring (bicyclic) bond motifs is 3. The van der Waals surface area contributed by atoms with E-state index >= 15 is 0 Å². The van der Waals surface area contributed by atoms with E-state index in [2.05, 4.69) is 14.8 Å². The summed E-state index contributed by atoms with van der Waals surface area (Å²) < 4.78 is 117. The van der Waals surface area contributed by atoms with Crippen molar-refractivity contribution in [3.05, 3.63) is 60.4 Å². The van der Waals surface area contributed by atoms with E-state index < -0.39 is 58.5 Å². The fraction of sp³-hybridized carbons (Fsp3) is 0.469. The number of nitrogens with one attached hydrogen (secondary N) is 1. The van der Waals surface area contributed by atoms with Crippen LogP contribution in [-0.2, 0) is 35.5 Å². The summed E-state index contributed by atoms with van der Waals surface area (Å²) in [7, 11) is -5.03. The van der Waals surface area contributed by atoms with E-state index in [0.717, 1.165) is 6.42 Å². The van der Waals surface area contributed by atoms with Crippen molar-refractivity contribution in [3.63, 3.8) is 0 Å². The normalized spacial score (nSPS) is 19.7. The Labute approximate surface area is 273 Å². The molecule has 0 fully saturated rings. The van der Waals surface area contributed by atoms with Crippen LogP contribution in [0.3, 0.4) is 0 Å². The van der Waals surface area contributed by atoms with E-state index in [1.807, 2.05) is 30.5 Å². The Morgan fingerprint density at radius 3 is 2.59 bits per heavy atom. The van der Waals surface area contributed by atoms with Gasteiger partial charge in [-0.2, -0.15) is 5.09 Å². The first-order chi connectivity index (χ1) is 25.0. The summed E-state index contributed by atoms with van der Waals surface area (Å²) in [5.41, 5.74) is 6.78. The van der Waals surface area contributed by atoms with Gasteiger partial charge in [-0.25, -0.2) is 14.5 Å². The maximum absolute atomic E-state index is 14.8. The standard InChI is InChI=1S/C32H44N5O6P/c1-7-9-19-32(6,21-41-44(39,43-24-15-11-10-12-16-24)36-23(5)31(38)42-22(3)4)37-27(20-40-8-2)35-28-29(37)25-17-13-14-18-26(25)34-30(28)33/h10-18,22-23H,7-9,19-21H2,1-6H3,(H2,33,34)(H,36,39)/t23-,32-,44-/m0/s1/i3D3,4D3,5D3,22D. The molecule has 0 bridgehead atoms. The minimum atomic E-state index is -5.03. The van der Waals surface area contributed by atoms with Gasteiger partial charge < -0.3 is 24.3 Å². The number of anilines is 1. The minimum Gasteiger partial charge on any atom is -0.462 e. The van der Waals surface area contributed by atoms with E-state index in [1.54, 1.807) is 25.1 Å². The van der Waals surface area contributed by atoms with Crippen LogP contribution in [0.2, 0.25) is 0 Å². The first kappa shape index (κ1) is 22.1. The van der Waals surface area contributed by atoms with Gasteiger partial charge in [0, 0.05) is 24.3 Å². The number of aromatic nitrogens is 3. The maximum atomic E-state index is 14.8. The van der Waals surface area contributed by atoms with Crippen molar-refractivity contribution in [1.29, 1.82) is 0 Å². The zero-order chi connectivity index (χ0) is 40.3. The van der Waals surface area contributed by atoms with E-state index in [0.29, 0.717) is 47.2 Å². The molecule has 44 heavy (non-hydrogen) atoms. The number of ether oxygens (including phenoxy) is 2. The molecular weight excluding hydrogens is 581 g/mol. The monoisotopic (exact) mass is 635 g/mol. The van der Waals surface area contributed by atoms with Gasteiger partial charge in [-0.15, -0.1) is 0 Å². The number of esters is 1. The number of hydrogen-bond acceptors (Lipinski definition) is 9. The second-order valence-electron chi connectivity index (χ2n) is 10.3. The van der Waals surface area contributed by atoms with Crippen molar-refractivity contribution in [2.45, 2.75) is 84.9 Å². The van der Waals surface area contributed by atoms with E-state index in [1.165, 1.54) is 24.3 Å². The summed E-state index contributed by atoms with van der Waals surface area (Å²) in [5, 5.41) is 2.78. The maximum Gasteiger partial charge on any atom is 0.459 e. The number of carbonyl (C=O) groups excluding carboxylic acids is 1. The molecule has 0 unspecified atom stereocenters. The average Bonchev–Trinajstić information content (AvgIpc) is 3.48. The SMILES string of the molecule is [2H]C([2H])([2H])[C@H](N[P@](=O)(OC[C@](C)(CCCC)n1c(COCC)nc2c(N)nc3ccccc3c21)Oc1ccccc1)C(=O)OC([2H])(C([2H])([2H])[2H])C([2H])([2H])[2H]. The second kappa shape index (κ2) is 14.5. The number of nitrogens with zero attached hydrogens (tertiary/aromatic N) is 3. The fourth-order valence-electron chi connectivity index (χ4n) is 4.83. The van der Waals surface area contributed by atoms with Crippen LogP contribution in [0.5, 0.6) is 5.75 Å². The van der Waals surface area contributed by atoms with Crippen LogP contribution >= 0.6 is 7.75 Å². The molecule has 2 heterocycles. The molecule has 0 spiro atoms. The molecule has 0 aliphatic rings. The predicted octanol–water partition coefficient (Wildman–Crippen LogP) is 6.74. The number of rotatable bonds is 16. The summed E-state index contributed by atoms with van der Waals surface area (Å²) in [6.45, 7) is -5.46. The summed E-state index contributed by atoms with van der Waals surface area (Å²) in [5.74, 6) is -1.51. The van der Waals surface area contributed by atoms with Gasteiger partial charge >= 0.3 is 13.7 Å². The molecule has 0 amide bonds. The first-order valence-electron chi connectivity index (χ1n) is 19.1. The van der Waals surface area contributed by atoms with Gasteiger partial charge in [0.25, 0.3) is 0 Å². The van der Waals surface area contributed by atoms with Crippen LogP contribution in [0.4, 0.5) is 5.82 Å². The molecule has 238 valence electrons. The number of para-hydroxylation sites is 2. The van der Waals surface area contributed by atoms with Crippen LogP contribution in [0.25, 0.3) is 21.9 Å². The summed E-state index contributed by atoms with van der Waals surface area (Å²) in [6, 6.07) is 12.0. The fourth-order valence-corrected chi connectivity index (χ4v) is 6.28. The molecule has 11 nitrogen and oxygen atoms in total. The van der Waals surface area contributed by atoms with E-state index in [9.17, 15) is 9.36 Å². The van der Waals surface area contributed by atoms with Crippen LogP contribution in [0.1, 0.15) is 80.1 Å². The zero-order valence-electron chi connectivity index (χ0n) is 34.8. The molecule has 3 N–H and O–H groups in total. The largest absolute Gasteiger partial charge is 0.462 e. The molecule has 12 heteroatoms. The van der Waals surface area contributed by atoms with Crippen molar-refractivity contribution < 1.29 is 41.6 Å². The molecule has 0 radical (unpaired) electrons. The lowest BCUT2D eigenvalue weighted by Crippen LogP contribution is -2.40. The topological polar surface area (TPSA) is 140 Å². The molecule has 0 aliphatic heterocycles. The third kappa shape index (κ3) is 7.77. The lowest BCUT2D eigenvalue weighted by molar-refractivity contribution is -0.149. The van der Waals surface area contributed by atoms with Gasteiger partial charge in [0.2, 0.25) is 0 Å². The number of imidazole rings is 1. The van der Waals surface area contributed by atoms with Gasteiger partial charge in [-0.05, 0) is 59.0 Å². The van der Waals surface area contributed by atoms with Gasteiger partial charge in [-0.3, -0.25) is 9.32 Å². The summed E-state index contributed by atoms with van der Waals surface area (Å²) in [4.78, 5) is 22.8. The Bertz CT molecular complexity index is 1960. The molecule has 0 saturated heterocycles. The Morgan fingerprint density at radius 1 is 1.14 bits per heavy atom. The molecule has 4 rings (SSSR count). The molecule has 3 atom stereocenters. The lowest BCUT2D eigenvalue weighted by Gasteiger charge is -2.35. The third-order valence-electron chi connectivity index (χ3n) is 6.87. The lowest BCUT2D eigenvalue weighted by atomic mass is 9.94. The average molecular weight is 636 g/mol. The number of hydrogen-bond donors (Lipinski definition) is 2. The van der Waals surface area contributed by atoms with Crippen LogP contribution < -0.4 is 15.3 Å². The Balaban J connectivity index is 1.86. The predicted molar refractivity (Wildman–Crippen MR) is 172 cm³/mol. The number of nitrogens with two attached hydrogens (primary N) is 1. The Morgan fingerprint density at radius 2 is 1.89 bits per heavy atom. The van der Waals surface area contributed by atoms with E-state index in [-0.39, 0.29) is 18.2 Å². The van der Waals surface area contributed by atoms with Gasteiger partial charge in [0.05, 0.1) is 30.6 Å². The number of unbranched alkanes of at least 4 members (excludes halogenated alkanes) is 1. The van der Waals surface area contributed by atoms with Crippen LogP contribution in [0, 0.1) is 0 Å². The van der Waals surface area contributed by atoms with Crippen molar-refractivity contribution in [3.8, 4) is 5.75 Å². The van der Waals surface area contributed by atoms with Crippen LogP contribution in [-0.4, -0.2) is 45.8 Å². The highest BCUT2D eigenvalue weighted by Gasteiger charge is 2.39. The van der Waals surface area contributed by atoms with Crippen molar-refractivity contribution >= 4 is 41.5 Å². The Hall–Kier alpha value is -3.50.